The Labute approximate surface area is 96.9 Å². The quantitative estimate of drug-likeness (QED) is 0.801. The predicted molar refractivity (Wildman–Crippen MR) is 59.6 cm³/mol. The molecular formula is C12H11F3N2. The van der Waals surface area contributed by atoms with Gasteiger partial charge in [0.2, 0.25) is 0 Å². The van der Waals surface area contributed by atoms with Crippen LogP contribution in [-0.4, -0.2) is 12.0 Å². The van der Waals surface area contributed by atoms with Crippen molar-refractivity contribution in [2.45, 2.75) is 19.1 Å². The third kappa shape index (κ3) is 2.67. The Morgan fingerprint density at radius 3 is 2.41 bits per heavy atom. The van der Waals surface area contributed by atoms with E-state index < -0.39 is 17.9 Å². The van der Waals surface area contributed by atoms with E-state index in [1.54, 1.807) is 24.3 Å². The Balaban J connectivity index is 2.35. The Morgan fingerprint density at radius 1 is 1.18 bits per heavy atom. The molecule has 90 valence electrons. The summed E-state index contributed by atoms with van der Waals surface area (Å²) in [5.41, 5.74) is -0.00560. The first kappa shape index (κ1) is 11.7. The van der Waals surface area contributed by atoms with Gasteiger partial charge in [-0.25, -0.2) is 0 Å². The van der Waals surface area contributed by atoms with Gasteiger partial charge in [0.25, 0.3) is 0 Å². The van der Waals surface area contributed by atoms with Crippen molar-refractivity contribution in [2.75, 3.05) is 0 Å². The molecule has 0 aromatic heterocycles. The molecule has 5 heteroatoms. The SMILES string of the molecule is CC1=N[C@@H](c2ccccc2)C=C(C(F)(F)F)N1. The number of aliphatic imine (C=N–C) groups is 1. The van der Waals surface area contributed by atoms with Gasteiger partial charge in [-0.15, -0.1) is 0 Å². The van der Waals surface area contributed by atoms with Crippen molar-refractivity contribution in [3.63, 3.8) is 0 Å². The van der Waals surface area contributed by atoms with Gasteiger partial charge < -0.3 is 5.32 Å². The summed E-state index contributed by atoms with van der Waals surface area (Å²) in [7, 11) is 0. The summed E-state index contributed by atoms with van der Waals surface area (Å²) >= 11 is 0. The first-order valence-corrected chi connectivity index (χ1v) is 5.12. The zero-order chi connectivity index (χ0) is 12.5. The molecule has 0 bridgehead atoms. The summed E-state index contributed by atoms with van der Waals surface area (Å²) in [5.74, 6) is 0.272. The number of halogens is 3. The van der Waals surface area contributed by atoms with E-state index in [4.69, 9.17) is 0 Å². The first-order valence-electron chi connectivity index (χ1n) is 5.12. The van der Waals surface area contributed by atoms with Gasteiger partial charge in [-0.3, -0.25) is 4.99 Å². The Kier molecular flexibility index (Phi) is 2.92. The van der Waals surface area contributed by atoms with Crippen LogP contribution in [0.5, 0.6) is 0 Å². The van der Waals surface area contributed by atoms with E-state index in [-0.39, 0.29) is 5.84 Å². The molecule has 2 rings (SSSR count). The van der Waals surface area contributed by atoms with Crippen LogP contribution in [0.25, 0.3) is 0 Å². The highest BCUT2D eigenvalue weighted by molar-refractivity contribution is 5.82. The molecule has 0 saturated carbocycles. The topological polar surface area (TPSA) is 24.4 Å². The highest BCUT2D eigenvalue weighted by atomic mass is 19.4. The number of amidine groups is 1. The third-order valence-electron chi connectivity index (χ3n) is 2.42. The van der Waals surface area contributed by atoms with Gasteiger partial charge in [-0.1, -0.05) is 30.3 Å². The normalized spacial score (nSPS) is 20.4. The summed E-state index contributed by atoms with van der Waals surface area (Å²) in [5, 5.41) is 2.24. The summed E-state index contributed by atoms with van der Waals surface area (Å²) in [6.45, 7) is 1.52. The van der Waals surface area contributed by atoms with Crippen molar-refractivity contribution >= 4 is 5.84 Å². The monoisotopic (exact) mass is 240 g/mol. The van der Waals surface area contributed by atoms with E-state index in [9.17, 15) is 13.2 Å². The molecule has 0 unspecified atom stereocenters. The number of benzene rings is 1. The lowest BCUT2D eigenvalue weighted by molar-refractivity contribution is -0.0955. The number of hydrogen-bond donors (Lipinski definition) is 1. The second kappa shape index (κ2) is 4.24. The smallest absolute Gasteiger partial charge is 0.340 e. The maximum atomic E-state index is 12.6. The number of alkyl halides is 3. The molecule has 2 nitrogen and oxygen atoms in total. The van der Waals surface area contributed by atoms with Crippen molar-refractivity contribution in [1.29, 1.82) is 0 Å². The number of nitrogens with one attached hydrogen (secondary N) is 1. The number of hydrogen-bond acceptors (Lipinski definition) is 2. The fraction of sp³-hybridized carbons (Fsp3) is 0.250. The van der Waals surface area contributed by atoms with Gasteiger partial charge in [0.05, 0.1) is 11.9 Å². The van der Waals surface area contributed by atoms with Crippen LogP contribution in [0.1, 0.15) is 18.5 Å². The van der Waals surface area contributed by atoms with E-state index in [1.807, 2.05) is 6.07 Å². The molecule has 1 N–H and O–H groups in total. The molecule has 1 aromatic carbocycles. The Hall–Kier alpha value is -1.78. The Morgan fingerprint density at radius 2 is 1.82 bits per heavy atom. The van der Waals surface area contributed by atoms with Crippen molar-refractivity contribution in [1.82, 2.24) is 5.32 Å². The number of nitrogens with zero attached hydrogens (tertiary/aromatic N) is 1. The second-order valence-corrected chi connectivity index (χ2v) is 3.77. The van der Waals surface area contributed by atoms with Gasteiger partial charge in [-0.2, -0.15) is 13.2 Å². The molecular weight excluding hydrogens is 229 g/mol. The minimum Gasteiger partial charge on any atom is -0.340 e. The van der Waals surface area contributed by atoms with Crippen LogP contribution in [0.15, 0.2) is 47.1 Å². The van der Waals surface area contributed by atoms with Crippen LogP contribution in [0.2, 0.25) is 0 Å². The lowest BCUT2D eigenvalue weighted by atomic mass is 10.0. The van der Waals surface area contributed by atoms with Gasteiger partial charge in [0.1, 0.15) is 5.70 Å². The van der Waals surface area contributed by atoms with Crippen LogP contribution in [0.3, 0.4) is 0 Å². The van der Waals surface area contributed by atoms with E-state index in [1.165, 1.54) is 6.92 Å². The third-order valence-corrected chi connectivity index (χ3v) is 2.42. The molecule has 17 heavy (non-hydrogen) atoms. The van der Waals surface area contributed by atoms with Gasteiger partial charge in [0, 0.05) is 0 Å². The van der Waals surface area contributed by atoms with Crippen molar-refractivity contribution in [3.8, 4) is 0 Å². The van der Waals surface area contributed by atoms with E-state index in [2.05, 4.69) is 10.3 Å². The minimum absolute atomic E-state index is 0.272. The van der Waals surface area contributed by atoms with Crippen LogP contribution in [0.4, 0.5) is 13.2 Å². The molecule has 0 aliphatic carbocycles. The molecule has 0 spiro atoms. The second-order valence-electron chi connectivity index (χ2n) is 3.77. The fourth-order valence-corrected chi connectivity index (χ4v) is 1.66. The Bertz CT molecular complexity index is 460. The van der Waals surface area contributed by atoms with Gasteiger partial charge in [-0.05, 0) is 18.6 Å². The average molecular weight is 240 g/mol. The van der Waals surface area contributed by atoms with Crippen LogP contribution in [-0.2, 0) is 0 Å². The minimum atomic E-state index is -4.37. The zero-order valence-corrected chi connectivity index (χ0v) is 9.12. The highest BCUT2D eigenvalue weighted by Crippen LogP contribution is 2.30. The molecule has 1 aromatic rings. The first-order chi connectivity index (χ1) is 7.97. The maximum Gasteiger partial charge on any atom is 0.431 e. The van der Waals surface area contributed by atoms with E-state index in [0.29, 0.717) is 0 Å². The van der Waals surface area contributed by atoms with Crippen LogP contribution in [0, 0.1) is 0 Å². The summed E-state index contributed by atoms with van der Waals surface area (Å²) < 4.78 is 37.9. The molecule has 1 heterocycles. The molecule has 0 radical (unpaired) electrons. The van der Waals surface area contributed by atoms with Crippen molar-refractivity contribution in [3.05, 3.63) is 47.7 Å². The van der Waals surface area contributed by atoms with Crippen LogP contribution >= 0.6 is 0 Å². The lowest BCUT2D eigenvalue weighted by Crippen LogP contribution is -2.33. The lowest BCUT2D eigenvalue weighted by Gasteiger charge is -2.22. The molecule has 0 saturated heterocycles. The highest BCUT2D eigenvalue weighted by Gasteiger charge is 2.36. The van der Waals surface area contributed by atoms with Crippen molar-refractivity contribution < 1.29 is 13.2 Å². The standard InChI is InChI=1S/C12H11F3N2/c1-8-16-10(9-5-3-2-4-6-9)7-11(17-8)12(13,14)15/h2-7,10H,1H3,(H,16,17)/t10-/m1/s1. The van der Waals surface area contributed by atoms with E-state index in [0.717, 1.165) is 11.6 Å². The predicted octanol–water partition coefficient (Wildman–Crippen LogP) is 3.20. The van der Waals surface area contributed by atoms with Crippen molar-refractivity contribution in [2.24, 2.45) is 4.99 Å². The molecule has 1 atom stereocenters. The van der Waals surface area contributed by atoms with E-state index >= 15 is 0 Å². The summed E-state index contributed by atoms with van der Waals surface area (Å²) in [6, 6.07) is 8.32. The maximum absolute atomic E-state index is 12.6. The van der Waals surface area contributed by atoms with Crippen LogP contribution < -0.4 is 5.32 Å². The molecule has 1 aliphatic heterocycles. The number of rotatable bonds is 1. The summed E-state index contributed by atoms with van der Waals surface area (Å²) in [4.78, 5) is 4.15. The number of allylic oxidation sites excluding steroid dienone is 1. The fourth-order valence-electron chi connectivity index (χ4n) is 1.66. The molecule has 0 amide bonds. The van der Waals surface area contributed by atoms with Gasteiger partial charge in [0.15, 0.2) is 0 Å². The molecule has 0 fully saturated rings. The largest absolute Gasteiger partial charge is 0.431 e. The average Bonchev–Trinajstić information content (AvgIpc) is 2.28. The zero-order valence-electron chi connectivity index (χ0n) is 9.12. The molecule has 1 aliphatic rings. The van der Waals surface area contributed by atoms with Gasteiger partial charge >= 0.3 is 6.18 Å². The summed E-state index contributed by atoms with van der Waals surface area (Å²) in [6.07, 6.45) is -3.27.